The molecular formula is C17H18N2O3. The van der Waals surface area contributed by atoms with Crippen molar-refractivity contribution < 1.29 is 13.9 Å². The molecule has 1 aromatic heterocycles. The number of esters is 1. The quantitative estimate of drug-likeness (QED) is 0.794. The number of furan rings is 1. The molecule has 5 nitrogen and oxygen atoms in total. The Morgan fingerprint density at radius 3 is 2.77 bits per heavy atom. The molecule has 0 N–H and O–H groups in total. The molecule has 0 aliphatic carbocycles. The standard InChI is InChI=1S/C17H18N2O3/c1-12-16(17(20)21-3)8-15(22-12)11-19(2)10-14-7-5-4-6-13(14)9-18/h4-8H,10-11H2,1-3H3. The van der Waals surface area contributed by atoms with Crippen LogP contribution >= 0.6 is 0 Å². The molecule has 0 bridgehead atoms. The van der Waals surface area contributed by atoms with Crippen LogP contribution in [0.5, 0.6) is 0 Å². The number of ether oxygens (including phenoxy) is 1. The van der Waals surface area contributed by atoms with Crippen molar-refractivity contribution in [2.24, 2.45) is 0 Å². The molecule has 0 radical (unpaired) electrons. The molecule has 22 heavy (non-hydrogen) atoms. The van der Waals surface area contributed by atoms with Gasteiger partial charge in [0.25, 0.3) is 0 Å². The minimum absolute atomic E-state index is 0.398. The summed E-state index contributed by atoms with van der Waals surface area (Å²) in [6.07, 6.45) is 0. The Morgan fingerprint density at radius 1 is 1.36 bits per heavy atom. The number of methoxy groups -OCH3 is 1. The van der Waals surface area contributed by atoms with Crippen molar-refractivity contribution in [1.29, 1.82) is 5.26 Å². The molecule has 0 unspecified atom stereocenters. The van der Waals surface area contributed by atoms with Crippen LogP contribution in [0.4, 0.5) is 0 Å². The summed E-state index contributed by atoms with van der Waals surface area (Å²) in [6.45, 7) is 2.90. The predicted molar refractivity (Wildman–Crippen MR) is 81.1 cm³/mol. The Labute approximate surface area is 129 Å². The fraction of sp³-hybridized carbons (Fsp3) is 0.294. The first kappa shape index (κ1) is 15.8. The highest BCUT2D eigenvalue weighted by Gasteiger charge is 2.16. The Bertz CT molecular complexity index is 713. The lowest BCUT2D eigenvalue weighted by Gasteiger charge is -2.15. The summed E-state index contributed by atoms with van der Waals surface area (Å²) in [5, 5.41) is 9.11. The van der Waals surface area contributed by atoms with Crippen LogP contribution in [-0.4, -0.2) is 25.0 Å². The number of rotatable bonds is 5. The van der Waals surface area contributed by atoms with E-state index in [1.807, 2.05) is 30.1 Å². The van der Waals surface area contributed by atoms with E-state index in [4.69, 9.17) is 14.4 Å². The molecule has 114 valence electrons. The van der Waals surface area contributed by atoms with E-state index in [2.05, 4.69) is 6.07 Å². The van der Waals surface area contributed by atoms with Gasteiger partial charge in [-0.05, 0) is 31.7 Å². The number of nitrogens with zero attached hydrogens (tertiary/aromatic N) is 2. The van der Waals surface area contributed by atoms with E-state index in [0.717, 1.165) is 5.56 Å². The summed E-state index contributed by atoms with van der Waals surface area (Å²) in [4.78, 5) is 13.6. The lowest BCUT2D eigenvalue weighted by atomic mass is 10.1. The second-order valence-corrected chi connectivity index (χ2v) is 5.12. The summed E-state index contributed by atoms with van der Waals surface area (Å²) in [5.74, 6) is 0.840. The molecule has 0 atom stereocenters. The number of benzene rings is 1. The fourth-order valence-corrected chi connectivity index (χ4v) is 2.31. The average molecular weight is 298 g/mol. The fourth-order valence-electron chi connectivity index (χ4n) is 2.31. The molecular weight excluding hydrogens is 280 g/mol. The summed E-state index contributed by atoms with van der Waals surface area (Å²) in [5.41, 5.74) is 2.08. The van der Waals surface area contributed by atoms with Gasteiger partial charge in [0.1, 0.15) is 17.1 Å². The lowest BCUT2D eigenvalue weighted by molar-refractivity contribution is 0.0599. The SMILES string of the molecule is COC(=O)c1cc(CN(C)Cc2ccccc2C#N)oc1C. The van der Waals surface area contributed by atoms with Crippen molar-refractivity contribution in [3.63, 3.8) is 0 Å². The van der Waals surface area contributed by atoms with Gasteiger partial charge < -0.3 is 9.15 Å². The first-order valence-corrected chi connectivity index (χ1v) is 6.89. The van der Waals surface area contributed by atoms with Gasteiger partial charge in [-0.3, -0.25) is 4.90 Å². The molecule has 0 fully saturated rings. The van der Waals surface area contributed by atoms with Crippen molar-refractivity contribution in [3.05, 3.63) is 58.5 Å². The van der Waals surface area contributed by atoms with Gasteiger partial charge in [-0.15, -0.1) is 0 Å². The van der Waals surface area contributed by atoms with Crippen LogP contribution in [0.3, 0.4) is 0 Å². The van der Waals surface area contributed by atoms with Gasteiger partial charge >= 0.3 is 5.97 Å². The maximum absolute atomic E-state index is 11.6. The second kappa shape index (κ2) is 6.92. The Kier molecular flexibility index (Phi) is 4.97. The lowest BCUT2D eigenvalue weighted by Crippen LogP contribution is -2.17. The Morgan fingerprint density at radius 2 is 2.09 bits per heavy atom. The summed E-state index contributed by atoms with van der Waals surface area (Å²) < 4.78 is 10.3. The van der Waals surface area contributed by atoms with Gasteiger partial charge in [0, 0.05) is 6.54 Å². The molecule has 0 aliphatic heterocycles. The van der Waals surface area contributed by atoms with Crippen molar-refractivity contribution in [2.45, 2.75) is 20.0 Å². The summed E-state index contributed by atoms with van der Waals surface area (Å²) in [6, 6.07) is 11.4. The first-order valence-electron chi connectivity index (χ1n) is 6.89. The van der Waals surface area contributed by atoms with Crippen molar-refractivity contribution >= 4 is 5.97 Å². The van der Waals surface area contributed by atoms with Crippen LogP contribution in [0.1, 0.15) is 33.0 Å². The molecule has 5 heteroatoms. The van der Waals surface area contributed by atoms with Crippen LogP contribution < -0.4 is 0 Å². The van der Waals surface area contributed by atoms with Gasteiger partial charge in [0.05, 0.1) is 25.3 Å². The summed E-state index contributed by atoms with van der Waals surface area (Å²) >= 11 is 0. The average Bonchev–Trinajstić information content (AvgIpc) is 2.87. The van der Waals surface area contributed by atoms with Crippen molar-refractivity contribution in [3.8, 4) is 6.07 Å². The Hall–Kier alpha value is -2.58. The molecule has 1 heterocycles. The largest absolute Gasteiger partial charge is 0.465 e. The number of hydrogen-bond acceptors (Lipinski definition) is 5. The summed E-state index contributed by atoms with van der Waals surface area (Å²) in [7, 11) is 3.28. The first-order chi connectivity index (χ1) is 10.5. The van der Waals surface area contributed by atoms with Crippen LogP contribution in [0.15, 0.2) is 34.7 Å². The minimum atomic E-state index is -0.398. The topological polar surface area (TPSA) is 66.5 Å². The van der Waals surface area contributed by atoms with Crippen molar-refractivity contribution in [1.82, 2.24) is 4.90 Å². The minimum Gasteiger partial charge on any atom is -0.465 e. The molecule has 2 aromatic rings. The third-order valence-corrected chi connectivity index (χ3v) is 3.38. The normalized spacial score (nSPS) is 10.5. The van der Waals surface area contributed by atoms with E-state index in [-0.39, 0.29) is 0 Å². The van der Waals surface area contributed by atoms with Gasteiger partial charge in [0.2, 0.25) is 0 Å². The number of carbonyl (C=O) groups is 1. The number of hydrogen-bond donors (Lipinski definition) is 0. The molecule has 0 spiro atoms. The zero-order valence-electron chi connectivity index (χ0n) is 12.9. The molecule has 0 aliphatic rings. The predicted octanol–water partition coefficient (Wildman–Crippen LogP) is 2.88. The monoisotopic (exact) mass is 298 g/mol. The zero-order chi connectivity index (χ0) is 16.1. The number of nitriles is 1. The molecule has 0 saturated carbocycles. The molecule has 0 amide bonds. The van der Waals surface area contributed by atoms with Gasteiger partial charge in [-0.2, -0.15) is 5.26 Å². The smallest absolute Gasteiger partial charge is 0.341 e. The van der Waals surface area contributed by atoms with Crippen LogP contribution in [0.2, 0.25) is 0 Å². The molecule has 2 rings (SSSR count). The van der Waals surface area contributed by atoms with E-state index < -0.39 is 5.97 Å². The third kappa shape index (κ3) is 3.54. The van der Waals surface area contributed by atoms with E-state index >= 15 is 0 Å². The maximum Gasteiger partial charge on any atom is 0.341 e. The van der Waals surface area contributed by atoms with E-state index in [1.54, 1.807) is 19.1 Å². The zero-order valence-corrected chi connectivity index (χ0v) is 12.9. The molecule has 1 aromatic carbocycles. The van der Waals surface area contributed by atoms with E-state index in [0.29, 0.717) is 35.7 Å². The highest BCUT2D eigenvalue weighted by atomic mass is 16.5. The van der Waals surface area contributed by atoms with Crippen molar-refractivity contribution in [2.75, 3.05) is 14.2 Å². The second-order valence-electron chi connectivity index (χ2n) is 5.12. The van der Waals surface area contributed by atoms with Crippen LogP contribution in [0.25, 0.3) is 0 Å². The number of carbonyl (C=O) groups excluding carboxylic acids is 1. The van der Waals surface area contributed by atoms with Gasteiger partial charge in [-0.1, -0.05) is 18.2 Å². The Balaban J connectivity index is 2.08. The van der Waals surface area contributed by atoms with Gasteiger partial charge in [0.15, 0.2) is 0 Å². The third-order valence-electron chi connectivity index (χ3n) is 3.38. The van der Waals surface area contributed by atoms with Gasteiger partial charge in [-0.25, -0.2) is 4.79 Å². The van der Waals surface area contributed by atoms with Crippen LogP contribution in [0, 0.1) is 18.3 Å². The number of aryl methyl sites for hydroxylation is 1. The maximum atomic E-state index is 11.6. The van der Waals surface area contributed by atoms with E-state index in [9.17, 15) is 4.79 Å². The van der Waals surface area contributed by atoms with E-state index in [1.165, 1.54) is 7.11 Å². The van der Waals surface area contributed by atoms with Crippen LogP contribution in [-0.2, 0) is 17.8 Å². The highest BCUT2D eigenvalue weighted by Crippen LogP contribution is 2.18. The molecule has 0 saturated heterocycles. The highest BCUT2D eigenvalue weighted by molar-refractivity contribution is 5.90.